The molecule has 0 atom stereocenters. The van der Waals surface area contributed by atoms with Crippen LogP contribution in [0.25, 0.3) is 16.6 Å². The molecule has 3 rings (SSSR count). The maximum atomic E-state index is 11.8. The number of hydrogen-bond acceptors (Lipinski definition) is 2. The molecular formula is C13H10N2O3. The predicted molar refractivity (Wildman–Crippen MR) is 67.2 cm³/mol. The van der Waals surface area contributed by atoms with Gasteiger partial charge in [-0.05, 0) is 36.8 Å². The number of carboxylic acid groups (broad SMARTS) is 1. The van der Waals surface area contributed by atoms with Crippen LogP contribution in [0.1, 0.15) is 15.9 Å². The number of carboxylic acids is 1. The molecule has 5 heteroatoms. The standard InChI is InChI=1S/C13H10N2O3/c1-7-4-11-12(16)14-9-3-2-8(13(17)18)5-10(9)15(11)6-7/h2-6H,1H3,(H,14,16)(H,17,18). The van der Waals surface area contributed by atoms with Gasteiger partial charge in [-0.25, -0.2) is 4.79 Å². The quantitative estimate of drug-likeness (QED) is 0.683. The van der Waals surface area contributed by atoms with E-state index in [1.807, 2.05) is 13.1 Å². The first-order valence-electron chi connectivity index (χ1n) is 5.44. The molecule has 0 spiro atoms. The summed E-state index contributed by atoms with van der Waals surface area (Å²) >= 11 is 0. The van der Waals surface area contributed by atoms with Crippen molar-refractivity contribution in [2.24, 2.45) is 0 Å². The first-order valence-corrected chi connectivity index (χ1v) is 5.44. The predicted octanol–water partition coefficient (Wildman–Crippen LogP) is 1.79. The Kier molecular flexibility index (Phi) is 2.04. The van der Waals surface area contributed by atoms with Crippen LogP contribution in [0.15, 0.2) is 35.3 Å². The fourth-order valence-corrected chi connectivity index (χ4v) is 2.13. The topological polar surface area (TPSA) is 74.6 Å². The van der Waals surface area contributed by atoms with E-state index in [2.05, 4.69) is 4.98 Å². The molecule has 2 N–H and O–H groups in total. The lowest BCUT2D eigenvalue weighted by atomic mass is 10.2. The lowest BCUT2D eigenvalue weighted by Crippen LogP contribution is -2.10. The maximum absolute atomic E-state index is 11.8. The number of nitrogens with zero attached hydrogens (tertiary/aromatic N) is 1. The van der Waals surface area contributed by atoms with Crippen molar-refractivity contribution < 1.29 is 9.90 Å². The number of H-pyrrole nitrogens is 1. The second kappa shape index (κ2) is 3.46. The lowest BCUT2D eigenvalue weighted by molar-refractivity contribution is 0.0697. The van der Waals surface area contributed by atoms with E-state index in [1.165, 1.54) is 6.07 Å². The minimum atomic E-state index is -0.986. The number of fused-ring (bicyclic) bond motifs is 3. The van der Waals surface area contributed by atoms with Crippen LogP contribution in [0.3, 0.4) is 0 Å². The molecular weight excluding hydrogens is 232 g/mol. The van der Waals surface area contributed by atoms with Gasteiger partial charge in [0.2, 0.25) is 0 Å². The smallest absolute Gasteiger partial charge is 0.335 e. The van der Waals surface area contributed by atoms with E-state index in [4.69, 9.17) is 5.11 Å². The van der Waals surface area contributed by atoms with Crippen LogP contribution in [0, 0.1) is 6.92 Å². The van der Waals surface area contributed by atoms with Gasteiger partial charge in [0.1, 0.15) is 5.52 Å². The molecule has 0 aliphatic rings. The summed E-state index contributed by atoms with van der Waals surface area (Å²) in [5.74, 6) is -0.986. The van der Waals surface area contributed by atoms with Crippen LogP contribution in [0.4, 0.5) is 0 Å². The average Bonchev–Trinajstić information content (AvgIpc) is 2.71. The molecule has 0 radical (unpaired) electrons. The minimum absolute atomic E-state index is 0.182. The number of rotatable bonds is 1. The van der Waals surface area contributed by atoms with Gasteiger partial charge in [-0.2, -0.15) is 0 Å². The molecule has 0 unspecified atom stereocenters. The highest BCUT2D eigenvalue weighted by Gasteiger charge is 2.09. The van der Waals surface area contributed by atoms with Gasteiger partial charge in [0.05, 0.1) is 16.6 Å². The largest absolute Gasteiger partial charge is 0.478 e. The van der Waals surface area contributed by atoms with E-state index >= 15 is 0 Å². The van der Waals surface area contributed by atoms with Crippen molar-refractivity contribution >= 4 is 22.5 Å². The molecule has 5 nitrogen and oxygen atoms in total. The van der Waals surface area contributed by atoms with E-state index in [1.54, 1.807) is 22.6 Å². The third-order valence-corrected chi connectivity index (χ3v) is 2.94. The summed E-state index contributed by atoms with van der Waals surface area (Å²) in [4.78, 5) is 25.5. The summed E-state index contributed by atoms with van der Waals surface area (Å²) in [6.07, 6.45) is 1.82. The molecule has 0 fully saturated rings. The summed E-state index contributed by atoms with van der Waals surface area (Å²) in [5, 5.41) is 8.99. The Bertz CT molecular complexity index is 842. The summed E-state index contributed by atoms with van der Waals surface area (Å²) in [5.41, 5.74) is 2.78. The van der Waals surface area contributed by atoms with Crippen molar-refractivity contribution in [3.05, 3.63) is 51.9 Å². The van der Waals surface area contributed by atoms with Gasteiger partial charge >= 0.3 is 5.97 Å². The van der Waals surface area contributed by atoms with Gasteiger partial charge in [-0.1, -0.05) is 0 Å². The normalized spacial score (nSPS) is 11.2. The Morgan fingerprint density at radius 1 is 1.28 bits per heavy atom. The fourth-order valence-electron chi connectivity index (χ4n) is 2.13. The van der Waals surface area contributed by atoms with Crippen LogP contribution in [-0.4, -0.2) is 20.5 Å². The highest BCUT2D eigenvalue weighted by atomic mass is 16.4. The first kappa shape index (κ1) is 10.6. The first-order chi connectivity index (χ1) is 8.56. The molecule has 0 amide bonds. The molecule has 3 aromatic rings. The summed E-state index contributed by atoms with van der Waals surface area (Å²) in [6.45, 7) is 1.89. The Hall–Kier alpha value is -2.56. The Morgan fingerprint density at radius 2 is 2.06 bits per heavy atom. The number of aromatic amines is 1. The summed E-state index contributed by atoms with van der Waals surface area (Å²) < 4.78 is 1.72. The minimum Gasteiger partial charge on any atom is -0.478 e. The number of benzene rings is 1. The maximum Gasteiger partial charge on any atom is 0.335 e. The van der Waals surface area contributed by atoms with Crippen LogP contribution in [-0.2, 0) is 0 Å². The molecule has 2 heterocycles. The van der Waals surface area contributed by atoms with Crippen molar-refractivity contribution in [1.29, 1.82) is 0 Å². The van der Waals surface area contributed by atoms with Crippen molar-refractivity contribution in [3.63, 3.8) is 0 Å². The van der Waals surface area contributed by atoms with Crippen molar-refractivity contribution in [3.8, 4) is 0 Å². The monoisotopic (exact) mass is 242 g/mol. The Morgan fingerprint density at radius 3 is 2.78 bits per heavy atom. The molecule has 1 aromatic carbocycles. The second-order valence-electron chi connectivity index (χ2n) is 4.26. The van der Waals surface area contributed by atoms with Gasteiger partial charge in [0.25, 0.3) is 5.56 Å². The molecule has 0 aliphatic heterocycles. The number of hydrogen-bond donors (Lipinski definition) is 2. The van der Waals surface area contributed by atoms with Crippen LogP contribution in [0.2, 0.25) is 0 Å². The van der Waals surface area contributed by atoms with Crippen molar-refractivity contribution in [1.82, 2.24) is 9.38 Å². The third-order valence-electron chi connectivity index (χ3n) is 2.94. The van der Waals surface area contributed by atoms with E-state index in [9.17, 15) is 9.59 Å². The zero-order valence-electron chi connectivity index (χ0n) is 9.60. The zero-order chi connectivity index (χ0) is 12.9. The van der Waals surface area contributed by atoms with Crippen LogP contribution >= 0.6 is 0 Å². The second-order valence-corrected chi connectivity index (χ2v) is 4.26. The number of aryl methyl sites for hydroxylation is 1. The summed E-state index contributed by atoms with van der Waals surface area (Å²) in [7, 11) is 0. The lowest BCUT2D eigenvalue weighted by Gasteiger charge is -2.03. The molecule has 18 heavy (non-hydrogen) atoms. The molecule has 90 valence electrons. The molecule has 0 saturated heterocycles. The van der Waals surface area contributed by atoms with Gasteiger partial charge < -0.3 is 14.5 Å². The SMILES string of the molecule is Cc1cc2c(=O)[nH]c3ccc(C(=O)O)cc3n2c1. The number of nitrogens with one attached hydrogen (secondary N) is 1. The van der Waals surface area contributed by atoms with Crippen LogP contribution in [0.5, 0.6) is 0 Å². The van der Waals surface area contributed by atoms with E-state index in [-0.39, 0.29) is 11.1 Å². The van der Waals surface area contributed by atoms with Gasteiger partial charge in [-0.3, -0.25) is 4.79 Å². The molecule has 2 aromatic heterocycles. The van der Waals surface area contributed by atoms with Gasteiger partial charge in [0.15, 0.2) is 0 Å². The number of carbonyl (C=O) groups is 1. The third kappa shape index (κ3) is 1.41. The Balaban J connectivity index is 2.53. The molecule has 0 bridgehead atoms. The molecule has 0 aliphatic carbocycles. The van der Waals surface area contributed by atoms with Crippen molar-refractivity contribution in [2.75, 3.05) is 0 Å². The number of aromatic nitrogens is 2. The average molecular weight is 242 g/mol. The summed E-state index contributed by atoms with van der Waals surface area (Å²) in [6, 6.07) is 6.41. The highest BCUT2D eigenvalue weighted by Crippen LogP contribution is 2.16. The van der Waals surface area contributed by atoms with Gasteiger partial charge in [-0.15, -0.1) is 0 Å². The number of aromatic carboxylic acids is 1. The Labute approximate surface area is 101 Å². The van der Waals surface area contributed by atoms with E-state index < -0.39 is 5.97 Å². The highest BCUT2D eigenvalue weighted by molar-refractivity contribution is 5.92. The fraction of sp³-hybridized carbons (Fsp3) is 0.0769. The van der Waals surface area contributed by atoms with E-state index in [0.717, 1.165) is 5.56 Å². The van der Waals surface area contributed by atoms with E-state index in [0.29, 0.717) is 16.6 Å². The van der Waals surface area contributed by atoms with Crippen molar-refractivity contribution in [2.45, 2.75) is 6.92 Å². The van der Waals surface area contributed by atoms with Crippen LogP contribution < -0.4 is 5.56 Å². The molecule has 0 saturated carbocycles. The zero-order valence-corrected chi connectivity index (χ0v) is 9.60. The van der Waals surface area contributed by atoms with Gasteiger partial charge in [0, 0.05) is 6.20 Å².